The zero-order chi connectivity index (χ0) is 26.0. The van der Waals surface area contributed by atoms with Crippen molar-refractivity contribution in [1.82, 2.24) is 4.98 Å². The molecule has 37 heavy (non-hydrogen) atoms. The Hall–Kier alpha value is -3.69. The molecular formula is C28H31FN4O4. The molecular weight excluding hydrogens is 475 g/mol. The van der Waals surface area contributed by atoms with Crippen LogP contribution in [0.4, 0.5) is 21.6 Å². The second-order valence-electron chi connectivity index (χ2n) is 10.2. The number of nitrogens with zero attached hydrogens (tertiary/aromatic N) is 3. The molecule has 8 nitrogen and oxygen atoms in total. The van der Waals surface area contributed by atoms with Crippen LogP contribution in [0.25, 0.3) is 0 Å². The van der Waals surface area contributed by atoms with Gasteiger partial charge in [-0.2, -0.15) is 0 Å². The molecule has 9 heteroatoms. The van der Waals surface area contributed by atoms with Crippen molar-refractivity contribution < 1.29 is 23.8 Å². The second-order valence-corrected chi connectivity index (χ2v) is 10.2. The zero-order valence-corrected chi connectivity index (χ0v) is 21.0. The maximum Gasteiger partial charge on any atom is 0.255 e. The lowest BCUT2D eigenvalue weighted by molar-refractivity contribution is -0.226. The van der Waals surface area contributed by atoms with E-state index < -0.39 is 23.8 Å². The average molecular weight is 507 g/mol. The fourth-order valence-electron chi connectivity index (χ4n) is 4.49. The normalized spacial score (nSPS) is 18.0. The molecule has 2 aromatic carbocycles. The Morgan fingerprint density at radius 3 is 2.35 bits per heavy atom. The minimum absolute atomic E-state index is 0.0449. The number of halogens is 1. The van der Waals surface area contributed by atoms with E-state index in [1.54, 1.807) is 12.3 Å². The van der Waals surface area contributed by atoms with Crippen molar-refractivity contribution in [2.24, 2.45) is 5.41 Å². The van der Waals surface area contributed by atoms with Crippen molar-refractivity contribution in [3.05, 3.63) is 77.7 Å². The van der Waals surface area contributed by atoms with Crippen molar-refractivity contribution >= 4 is 23.1 Å². The third-order valence-corrected chi connectivity index (χ3v) is 6.59. The van der Waals surface area contributed by atoms with E-state index in [1.165, 1.54) is 11.8 Å². The summed E-state index contributed by atoms with van der Waals surface area (Å²) in [6, 6.07) is 16.4. The summed E-state index contributed by atoms with van der Waals surface area (Å²) >= 11 is 0. The third-order valence-electron chi connectivity index (χ3n) is 6.59. The Kier molecular flexibility index (Phi) is 6.99. The van der Waals surface area contributed by atoms with E-state index in [0.29, 0.717) is 18.9 Å². The Morgan fingerprint density at radius 2 is 1.70 bits per heavy atom. The van der Waals surface area contributed by atoms with Gasteiger partial charge in [0.1, 0.15) is 5.82 Å². The molecule has 2 saturated heterocycles. The number of rotatable bonds is 5. The summed E-state index contributed by atoms with van der Waals surface area (Å²) in [5, 5.41) is 13.0. The van der Waals surface area contributed by atoms with Gasteiger partial charge in [-0.3, -0.25) is 4.79 Å². The summed E-state index contributed by atoms with van der Waals surface area (Å²) in [6.45, 7) is 8.20. The number of aromatic hydroxyl groups is 1. The molecule has 1 amide bonds. The first-order chi connectivity index (χ1) is 17.8. The van der Waals surface area contributed by atoms with Gasteiger partial charge >= 0.3 is 0 Å². The van der Waals surface area contributed by atoms with Crippen LogP contribution < -0.4 is 15.1 Å². The summed E-state index contributed by atoms with van der Waals surface area (Å²) in [5.74, 6) is -1.19. The predicted octanol–water partition coefficient (Wildman–Crippen LogP) is 4.58. The van der Waals surface area contributed by atoms with Gasteiger partial charge in [-0.15, -0.1) is 0 Å². The number of amides is 1. The van der Waals surface area contributed by atoms with Crippen molar-refractivity contribution in [2.45, 2.75) is 20.1 Å². The molecule has 0 bridgehead atoms. The second kappa shape index (κ2) is 10.4. The highest BCUT2D eigenvalue weighted by molar-refractivity contribution is 6.04. The van der Waals surface area contributed by atoms with Crippen LogP contribution in [-0.2, 0) is 9.47 Å². The van der Waals surface area contributed by atoms with Gasteiger partial charge in [0.2, 0.25) is 0 Å². The summed E-state index contributed by atoms with van der Waals surface area (Å²) in [4.78, 5) is 22.0. The number of benzene rings is 2. The van der Waals surface area contributed by atoms with Crippen LogP contribution in [0.2, 0.25) is 0 Å². The number of aromatic nitrogens is 1. The summed E-state index contributed by atoms with van der Waals surface area (Å²) < 4.78 is 25.8. The molecule has 2 aliphatic heterocycles. The van der Waals surface area contributed by atoms with Crippen molar-refractivity contribution in [3.63, 3.8) is 0 Å². The number of phenols is 1. The lowest BCUT2D eigenvalue weighted by Crippen LogP contribution is -2.46. The third kappa shape index (κ3) is 5.68. The fourth-order valence-corrected chi connectivity index (χ4v) is 4.49. The van der Waals surface area contributed by atoms with Gasteiger partial charge < -0.3 is 29.7 Å². The van der Waals surface area contributed by atoms with Crippen LogP contribution in [0.1, 0.15) is 36.1 Å². The Morgan fingerprint density at radius 1 is 1.03 bits per heavy atom. The van der Waals surface area contributed by atoms with Gasteiger partial charge in [-0.25, -0.2) is 9.37 Å². The highest BCUT2D eigenvalue weighted by atomic mass is 19.1. The van der Waals surface area contributed by atoms with Crippen LogP contribution in [0, 0.1) is 11.2 Å². The zero-order valence-electron chi connectivity index (χ0n) is 21.0. The van der Waals surface area contributed by atoms with Crippen LogP contribution in [0.5, 0.6) is 5.75 Å². The maximum atomic E-state index is 14.5. The van der Waals surface area contributed by atoms with E-state index in [9.17, 15) is 14.3 Å². The number of para-hydroxylation sites is 1. The van der Waals surface area contributed by atoms with E-state index in [1.807, 2.05) is 38.1 Å². The number of ether oxygens (including phenoxy) is 2. The van der Waals surface area contributed by atoms with E-state index in [2.05, 4.69) is 32.2 Å². The molecule has 0 unspecified atom stereocenters. The number of nitrogens with one attached hydrogen (secondary N) is 1. The van der Waals surface area contributed by atoms with Crippen LogP contribution in [0.15, 0.2) is 60.8 Å². The smallest absolute Gasteiger partial charge is 0.255 e. The molecule has 0 aliphatic carbocycles. The predicted molar refractivity (Wildman–Crippen MR) is 140 cm³/mol. The van der Waals surface area contributed by atoms with Gasteiger partial charge in [0.15, 0.2) is 17.9 Å². The van der Waals surface area contributed by atoms with Gasteiger partial charge in [0.25, 0.3) is 5.91 Å². The summed E-state index contributed by atoms with van der Waals surface area (Å²) in [5.41, 5.74) is 1.65. The fraction of sp³-hybridized carbons (Fsp3) is 0.357. The van der Waals surface area contributed by atoms with Gasteiger partial charge in [0, 0.05) is 42.8 Å². The molecule has 2 fully saturated rings. The molecule has 3 heterocycles. The van der Waals surface area contributed by atoms with Crippen LogP contribution in [0.3, 0.4) is 0 Å². The van der Waals surface area contributed by atoms with E-state index in [0.717, 1.165) is 38.1 Å². The first kappa shape index (κ1) is 25.0. The van der Waals surface area contributed by atoms with Crippen molar-refractivity contribution in [3.8, 4) is 5.75 Å². The van der Waals surface area contributed by atoms with Crippen LogP contribution in [-0.4, -0.2) is 55.4 Å². The van der Waals surface area contributed by atoms with E-state index in [-0.39, 0.29) is 16.5 Å². The van der Waals surface area contributed by atoms with Gasteiger partial charge in [0.05, 0.1) is 30.7 Å². The molecule has 0 saturated carbocycles. The molecule has 0 atom stereocenters. The monoisotopic (exact) mass is 506 g/mol. The summed E-state index contributed by atoms with van der Waals surface area (Å²) in [7, 11) is 0. The molecule has 3 aromatic rings. The Bertz CT molecular complexity index is 1240. The molecule has 0 spiro atoms. The maximum absolute atomic E-state index is 14.5. The molecule has 1 aromatic heterocycles. The highest BCUT2D eigenvalue weighted by Gasteiger charge is 2.32. The number of carbonyl (C=O) groups is 1. The first-order valence-electron chi connectivity index (χ1n) is 12.4. The lowest BCUT2D eigenvalue weighted by Gasteiger charge is -2.36. The Balaban J connectivity index is 1.22. The average Bonchev–Trinajstić information content (AvgIpc) is 2.91. The SMILES string of the molecule is CC1(C)COC(c2cc(C(=O)Nc3ccc(N4CCN(c5ccccc5)CC4)nc3)cc(F)c2O)OC1. The van der Waals surface area contributed by atoms with E-state index >= 15 is 0 Å². The Labute approximate surface area is 215 Å². The van der Waals surface area contributed by atoms with Crippen molar-refractivity contribution in [1.29, 1.82) is 0 Å². The van der Waals surface area contributed by atoms with Crippen molar-refractivity contribution in [2.75, 3.05) is 54.5 Å². The molecule has 2 N–H and O–H groups in total. The standard InChI is InChI=1S/C28H31FN4O4/c1-28(2)17-36-27(37-18-28)22-14-19(15-23(29)25(22)34)26(35)31-20-8-9-24(30-16-20)33-12-10-32(11-13-33)21-6-4-3-5-7-21/h3-9,14-16,27,34H,10-13,17-18H2,1-2H3,(H,31,35). The number of anilines is 3. The molecule has 0 radical (unpaired) electrons. The van der Waals surface area contributed by atoms with E-state index in [4.69, 9.17) is 9.47 Å². The minimum atomic E-state index is -0.946. The minimum Gasteiger partial charge on any atom is -0.504 e. The number of hydrogen-bond acceptors (Lipinski definition) is 7. The quantitative estimate of drug-likeness (QED) is 0.524. The number of hydrogen-bond donors (Lipinski definition) is 2. The first-order valence-corrected chi connectivity index (χ1v) is 12.4. The highest BCUT2D eigenvalue weighted by Crippen LogP contribution is 2.37. The van der Waals surface area contributed by atoms with Gasteiger partial charge in [-0.05, 0) is 36.4 Å². The van der Waals surface area contributed by atoms with Gasteiger partial charge in [-0.1, -0.05) is 32.0 Å². The van der Waals surface area contributed by atoms with Crippen LogP contribution >= 0.6 is 0 Å². The number of phenolic OH excluding ortho intramolecular Hbond substituents is 1. The largest absolute Gasteiger partial charge is 0.504 e. The lowest BCUT2D eigenvalue weighted by atomic mass is 9.95. The molecule has 2 aliphatic rings. The number of carbonyl (C=O) groups excluding carboxylic acids is 1. The molecule has 194 valence electrons. The topological polar surface area (TPSA) is 87.2 Å². The summed E-state index contributed by atoms with van der Waals surface area (Å²) in [6.07, 6.45) is 0.641. The number of piperazine rings is 1. The number of pyridine rings is 1. The molecule has 5 rings (SSSR count).